The van der Waals surface area contributed by atoms with E-state index in [1.54, 1.807) is 13.3 Å². The zero-order valence-electron chi connectivity index (χ0n) is 11.9. The van der Waals surface area contributed by atoms with Gasteiger partial charge in [0.25, 0.3) is 0 Å². The number of fused-ring (bicyclic) bond motifs is 1. The molecule has 2 aromatic rings. The van der Waals surface area contributed by atoms with Gasteiger partial charge < -0.3 is 20.6 Å². The molecule has 0 amide bonds. The number of oxime groups is 1. The fraction of sp³-hybridized carbons (Fsp3) is 0.357. The van der Waals surface area contributed by atoms with Crippen LogP contribution in [0.2, 0.25) is 0 Å². The van der Waals surface area contributed by atoms with Crippen LogP contribution in [0, 0.1) is 0 Å². The molecule has 0 radical (unpaired) electrons. The van der Waals surface area contributed by atoms with E-state index in [2.05, 4.69) is 15.4 Å². The lowest BCUT2D eigenvalue weighted by Gasteiger charge is -2.23. The van der Waals surface area contributed by atoms with Crippen molar-refractivity contribution in [3.8, 4) is 0 Å². The third-order valence-electron chi connectivity index (χ3n) is 3.18. The van der Waals surface area contributed by atoms with Crippen molar-refractivity contribution in [2.24, 2.45) is 10.9 Å². The van der Waals surface area contributed by atoms with Crippen LogP contribution in [0.15, 0.2) is 35.6 Å². The van der Waals surface area contributed by atoms with E-state index in [4.69, 9.17) is 15.7 Å². The van der Waals surface area contributed by atoms with Crippen LogP contribution in [-0.4, -0.2) is 48.0 Å². The first kappa shape index (κ1) is 15.0. The largest absolute Gasteiger partial charge is 0.409 e. The second kappa shape index (κ2) is 7.39. The molecular weight excluding hydrogens is 270 g/mol. The number of nitrogens with zero attached hydrogens (tertiary/aromatic N) is 4. The van der Waals surface area contributed by atoms with Gasteiger partial charge in [-0.2, -0.15) is 5.10 Å². The predicted octanol–water partition coefficient (Wildman–Crippen LogP) is 1.22. The molecule has 0 bridgehead atoms. The first-order chi connectivity index (χ1) is 10.3. The topological polar surface area (TPSA) is 96.9 Å². The van der Waals surface area contributed by atoms with Gasteiger partial charge in [-0.25, -0.2) is 0 Å². The number of hydrogen-bond donors (Lipinski definition) is 2. The lowest BCUT2D eigenvalue weighted by molar-refractivity contribution is 0.205. The number of methoxy groups -OCH3 is 1. The number of amidine groups is 1. The van der Waals surface area contributed by atoms with Gasteiger partial charge in [0.2, 0.25) is 0 Å². The molecule has 3 N–H and O–H groups in total. The van der Waals surface area contributed by atoms with E-state index in [0.29, 0.717) is 26.1 Å². The highest BCUT2D eigenvalue weighted by molar-refractivity contribution is 5.91. The monoisotopic (exact) mass is 289 g/mol. The third kappa shape index (κ3) is 3.79. The number of anilines is 1. The van der Waals surface area contributed by atoms with Crippen molar-refractivity contribution >= 4 is 22.4 Å². The van der Waals surface area contributed by atoms with Crippen molar-refractivity contribution in [3.05, 3.63) is 30.5 Å². The van der Waals surface area contributed by atoms with Crippen molar-refractivity contribution in [2.75, 3.05) is 31.7 Å². The number of aromatic nitrogens is 2. The van der Waals surface area contributed by atoms with E-state index in [-0.39, 0.29) is 5.84 Å². The molecule has 7 heteroatoms. The summed E-state index contributed by atoms with van der Waals surface area (Å²) in [6, 6.07) is 7.92. The van der Waals surface area contributed by atoms with Gasteiger partial charge in [0.1, 0.15) is 5.84 Å². The minimum absolute atomic E-state index is 0.186. The Labute approximate surface area is 123 Å². The molecular formula is C14H19N5O2. The second-order valence-electron chi connectivity index (χ2n) is 4.58. The molecule has 2 rings (SSSR count). The predicted molar refractivity (Wildman–Crippen MR) is 81.7 cm³/mol. The number of rotatable bonds is 7. The van der Waals surface area contributed by atoms with E-state index in [0.717, 1.165) is 16.6 Å². The first-order valence-corrected chi connectivity index (χ1v) is 6.67. The minimum Gasteiger partial charge on any atom is -0.409 e. The Bertz CT molecular complexity index is 612. The molecule has 0 atom stereocenters. The Kier molecular flexibility index (Phi) is 5.28. The molecule has 0 aliphatic rings. The van der Waals surface area contributed by atoms with Gasteiger partial charge in [-0.15, -0.1) is 5.10 Å². The maximum absolute atomic E-state index is 8.66. The van der Waals surface area contributed by atoms with Crippen LogP contribution in [0.25, 0.3) is 10.8 Å². The average molecular weight is 289 g/mol. The summed E-state index contributed by atoms with van der Waals surface area (Å²) in [6.45, 7) is 1.78. The Morgan fingerprint density at radius 2 is 2.19 bits per heavy atom. The lowest BCUT2D eigenvalue weighted by Crippen LogP contribution is -2.32. The maximum atomic E-state index is 8.66. The van der Waals surface area contributed by atoms with E-state index in [9.17, 15) is 0 Å². The summed E-state index contributed by atoms with van der Waals surface area (Å²) in [4.78, 5) is 2.02. The fourth-order valence-corrected chi connectivity index (χ4v) is 2.07. The van der Waals surface area contributed by atoms with Gasteiger partial charge in [0, 0.05) is 37.4 Å². The summed E-state index contributed by atoms with van der Waals surface area (Å²) in [6.07, 6.45) is 2.17. The van der Waals surface area contributed by atoms with Gasteiger partial charge >= 0.3 is 0 Å². The quantitative estimate of drug-likeness (QED) is 0.344. The molecule has 0 spiro atoms. The summed E-state index contributed by atoms with van der Waals surface area (Å²) in [7, 11) is 1.65. The Morgan fingerprint density at radius 3 is 2.95 bits per heavy atom. The Hall–Kier alpha value is -2.41. The van der Waals surface area contributed by atoms with Gasteiger partial charge in [-0.3, -0.25) is 0 Å². The Morgan fingerprint density at radius 1 is 1.38 bits per heavy atom. The van der Waals surface area contributed by atoms with Crippen LogP contribution in [-0.2, 0) is 4.74 Å². The van der Waals surface area contributed by atoms with Gasteiger partial charge in [-0.05, 0) is 0 Å². The molecule has 0 aliphatic heterocycles. The zero-order chi connectivity index (χ0) is 15.1. The van der Waals surface area contributed by atoms with Crippen LogP contribution in [0.4, 0.5) is 5.82 Å². The molecule has 0 aliphatic carbocycles. The highest BCUT2D eigenvalue weighted by atomic mass is 16.5. The van der Waals surface area contributed by atoms with Crippen molar-refractivity contribution in [3.63, 3.8) is 0 Å². The summed E-state index contributed by atoms with van der Waals surface area (Å²) < 4.78 is 5.14. The standard InChI is InChI=1S/C14H19N5O2/c1-21-9-8-19(7-6-13(15)18-20)14-12-5-3-2-4-11(12)10-16-17-14/h2-5,10,20H,6-9H2,1H3,(H2,15,18). The molecule has 0 saturated carbocycles. The molecule has 0 unspecified atom stereocenters. The zero-order valence-corrected chi connectivity index (χ0v) is 11.9. The molecule has 0 saturated heterocycles. The van der Waals surface area contributed by atoms with Crippen LogP contribution in [0.3, 0.4) is 0 Å². The van der Waals surface area contributed by atoms with Gasteiger partial charge in [-0.1, -0.05) is 29.4 Å². The Balaban J connectivity index is 2.29. The highest BCUT2D eigenvalue weighted by Gasteiger charge is 2.13. The van der Waals surface area contributed by atoms with Gasteiger partial charge in [0.15, 0.2) is 5.82 Å². The van der Waals surface area contributed by atoms with E-state index in [1.165, 1.54) is 0 Å². The molecule has 1 aromatic carbocycles. The van der Waals surface area contributed by atoms with Crippen LogP contribution in [0.1, 0.15) is 6.42 Å². The molecule has 1 aromatic heterocycles. The lowest BCUT2D eigenvalue weighted by atomic mass is 10.2. The third-order valence-corrected chi connectivity index (χ3v) is 3.18. The first-order valence-electron chi connectivity index (χ1n) is 6.67. The number of hydrogen-bond acceptors (Lipinski definition) is 6. The van der Waals surface area contributed by atoms with E-state index < -0.39 is 0 Å². The molecule has 7 nitrogen and oxygen atoms in total. The molecule has 1 heterocycles. The molecule has 0 fully saturated rings. The smallest absolute Gasteiger partial charge is 0.159 e. The van der Waals surface area contributed by atoms with Crippen molar-refractivity contribution in [1.82, 2.24) is 10.2 Å². The summed E-state index contributed by atoms with van der Waals surface area (Å²) in [5.41, 5.74) is 5.55. The maximum Gasteiger partial charge on any atom is 0.159 e. The summed E-state index contributed by atoms with van der Waals surface area (Å²) in [5, 5.41) is 22.0. The van der Waals surface area contributed by atoms with Crippen molar-refractivity contribution in [1.29, 1.82) is 0 Å². The SMILES string of the molecule is COCCN(CCC(N)=NO)c1nncc2ccccc12. The summed E-state index contributed by atoms with van der Waals surface area (Å²) in [5.74, 6) is 0.960. The normalized spacial score (nSPS) is 11.8. The van der Waals surface area contributed by atoms with E-state index in [1.807, 2.05) is 29.2 Å². The number of ether oxygens (including phenoxy) is 1. The second-order valence-corrected chi connectivity index (χ2v) is 4.58. The van der Waals surface area contributed by atoms with Crippen LogP contribution < -0.4 is 10.6 Å². The summed E-state index contributed by atoms with van der Waals surface area (Å²) >= 11 is 0. The van der Waals surface area contributed by atoms with Gasteiger partial charge in [0.05, 0.1) is 12.8 Å². The number of nitrogens with two attached hydrogens (primary N) is 1. The number of benzene rings is 1. The fourth-order valence-electron chi connectivity index (χ4n) is 2.07. The molecule has 112 valence electrons. The van der Waals surface area contributed by atoms with E-state index >= 15 is 0 Å². The van der Waals surface area contributed by atoms with Crippen molar-refractivity contribution < 1.29 is 9.94 Å². The highest BCUT2D eigenvalue weighted by Crippen LogP contribution is 2.23. The van der Waals surface area contributed by atoms with Crippen LogP contribution in [0.5, 0.6) is 0 Å². The van der Waals surface area contributed by atoms with Crippen LogP contribution >= 0.6 is 0 Å². The molecule has 21 heavy (non-hydrogen) atoms. The van der Waals surface area contributed by atoms with Crippen molar-refractivity contribution in [2.45, 2.75) is 6.42 Å². The average Bonchev–Trinajstić information content (AvgIpc) is 2.54. The minimum atomic E-state index is 0.186.